The number of amides is 2. The van der Waals surface area contributed by atoms with Crippen molar-refractivity contribution in [2.24, 2.45) is 0 Å². The quantitative estimate of drug-likeness (QED) is 0.800. The molecule has 134 valence electrons. The number of nitrogens with one attached hydrogen (secondary N) is 1. The van der Waals surface area contributed by atoms with Crippen LogP contribution in [0.2, 0.25) is 0 Å². The van der Waals surface area contributed by atoms with E-state index in [2.05, 4.69) is 34.3 Å². The summed E-state index contributed by atoms with van der Waals surface area (Å²) in [5.41, 5.74) is 1.28. The summed E-state index contributed by atoms with van der Waals surface area (Å²) in [6.45, 7) is 7.30. The van der Waals surface area contributed by atoms with Gasteiger partial charge < -0.3 is 15.3 Å². The molecule has 0 aromatic carbocycles. The van der Waals surface area contributed by atoms with E-state index in [1.807, 2.05) is 19.3 Å². The Morgan fingerprint density at radius 1 is 1.38 bits per heavy atom. The lowest BCUT2D eigenvalue weighted by Gasteiger charge is -2.37. The van der Waals surface area contributed by atoms with E-state index in [0.717, 1.165) is 32.4 Å². The summed E-state index contributed by atoms with van der Waals surface area (Å²) in [6.07, 6.45) is 6.49. The van der Waals surface area contributed by atoms with E-state index in [-0.39, 0.29) is 18.7 Å². The van der Waals surface area contributed by atoms with Crippen LogP contribution in [0.5, 0.6) is 0 Å². The van der Waals surface area contributed by atoms with Gasteiger partial charge in [-0.3, -0.25) is 9.88 Å². The number of rotatable bonds is 7. The number of urea groups is 1. The van der Waals surface area contributed by atoms with Crippen molar-refractivity contribution < 1.29 is 9.90 Å². The minimum Gasteiger partial charge on any atom is -0.395 e. The highest BCUT2D eigenvalue weighted by molar-refractivity contribution is 5.74. The SMILES string of the molecule is CCCN(CCO)C(=O)NC1CCN(C(C)c2ccncc2)CC1. The Morgan fingerprint density at radius 3 is 2.62 bits per heavy atom. The van der Waals surface area contributed by atoms with Gasteiger partial charge in [-0.05, 0) is 43.9 Å². The van der Waals surface area contributed by atoms with Crippen LogP contribution < -0.4 is 5.32 Å². The molecule has 0 radical (unpaired) electrons. The third kappa shape index (κ3) is 5.18. The van der Waals surface area contributed by atoms with Crippen molar-refractivity contribution in [2.75, 3.05) is 32.8 Å². The van der Waals surface area contributed by atoms with Crippen LogP contribution in [0, 0.1) is 0 Å². The predicted molar refractivity (Wildman–Crippen MR) is 94.7 cm³/mol. The molecule has 2 heterocycles. The van der Waals surface area contributed by atoms with Crippen LogP contribution in [0.25, 0.3) is 0 Å². The molecular weight excluding hydrogens is 304 g/mol. The Bertz CT molecular complexity index is 483. The molecule has 0 bridgehead atoms. The zero-order valence-electron chi connectivity index (χ0n) is 14.8. The Balaban J connectivity index is 1.81. The van der Waals surface area contributed by atoms with Crippen LogP contribution in [0.4, 0.5) is 4.79 Å². The predicted octanol–water partition coefficient (Wildman–Crippen LogP) is 2.02. The van der Waals surface area contributed by atoms with Gasteiger partial charge in [0.1, 0.15) is 0 Å². The van der Waals surface area contributed by atoms with Crippen molar-refractivity contribution in [3.8, 4) is 0 Å². The van der Waals surface area contributed by atoms with E-state index in [9.17, 15) is 4.79 Å². The Hall–Kier alpha value is -1.66. The van der Waals surface area contributed by atoms with Gasteiger partial charge in [-0.1, -0.05) is 6.92 Å². The van der Waals surface area contributed by atoms with E-state index in [4.69, 9.17) is 5.11 Å². The van der Waals surface area contributed by atoms with E-state index in [1.165, 1.54) is 5.56 Å². The number of carbonyl (C=O) groups excluding carboxylic acids is 1. The van der Waals surface area contributed by atoms with Crippen molar-refractivity contribution >= 4 is 6.03 Å². The summed E-state index contributed by atoms with van der Waals surface area (Å²) in [4.78, 5) is 20.5. The molecule has 6 heteroatoms. The van der Waals surface area contributed by atoms with Gasteiger partial charge in [-0.15, -0.1) is 0 Å². The smallest absolute Gasteiger partial charge is 0.317 e. The minimum atomic E-state index is -0.0495. The standard InChI is InChI=1S/C18H30N4O2/c1-3-10-22(13-14-23)18(24)20-17-6-11-21(12-7-17)15(2)16-4-8-19-9-5-16/h4-5,8-9,15,17,23H,3,6-7,10-14H2,1-2H3,(H,20,24). The maximum absolute atomic E-state index is 12.3. The average molecular weight is 334 g/mol. The molecule has 1 fully saturated rings. The van der Waals surface area contributed by atoms with Crippen LogP contribution in [0.15, 0.2) is 24.5 Å². The topological polar surface area (TPSA) is 68.7 Å². The van der Waals surface area contributed by atoms with E-state index < -0.39 is 0 Å². The summed E-state index contributed by atoms with van der Waals surface area (Å²) in [5.74, 6) is 0. The number of aromatic nitrogens is 1. The highest BCUT2D eigenvalue weighted by atomic mass is 16.3. The fraction of sp³-hybridized carbons (Fsp3) is 0.667. The summed E-state index contributed by atoms with van der Waals surface area (Å²) in [6, 6.07) is 4.67. The Labute approximate surface area is 144 Å². The first kappa shape index (κ1) is 18.7. The molecule has 1 saturated heterocycles. The number of pyridine rings is 1. The molecule has 6 nitrogen and oxygen atoms in total. The van der Waals surface area contributed by atoms with E-state index in [0.29, 0.717) is 19.1 Å². The lowest BCUT2D eigenvalue weighted by Crippen LogP contribution is -2.50. The van der Waals surface area contributed by atoms with E-state index >= 15 is 0 Å². The highest BCUT2D eigenvalue weighted by Crippen LogP contribution is 2.23. The molecule has 1 unspecified atom stereocenters. The van der Waals surface area contributed by atoms with Crippen molar-refractivity contribution in [1.82, 2.24) is 20.1 Å². The zero-order chi connectivity index (χ0) is 17.4. The lowest BCUT2D eigenvalue weighted by molar-refractivity contribution is 0.141. The molecule has 2 amide bonds. The summed E-state index contributed by atoms with van der Waals surface area (Å²) < 4.78 is 0. The molecule has 0 saturated carbocycles. The number of hydrogen-bond donors (Lipinski definition) is 2. The average Bonchev–Trinajstić information content (AvgIpc) is 2.62. The van der Waals surface area contributed by atoms with Gasteiger partial charge in [0.2, 0.25) is 0 Å². The highest BCUT2D eigenvalue weighted by Gasteiger charge is 2.25. The van der Waals surface area contributed by atoms with Gasteiger partial charge in [-0.25, -0.2) is 4.79 Å². The van der Waals surface area contributed by atoms with Gasteiger partial charge >= 0.3 is 6.03 Å². The maximum atomic E-state index is 12.3. The summed E-state index contributed by atoms with van der Waals surface area (Å²) in [7, 11) is 0. The van der Waals surface area contributed by atoms with Crippen LogP contribution in [-0.4, -0.2) is 64.7 Å². The first-order chi connectivity index (χ1) is 11.7. The molecule has 1 atom stereocenters. The van der Waals surface area contributed by atoms with Gasteiger partial charge in [0, 0.05) is 50.7 Å². The number of piperidine rings is 1. The van der Waals surface area contributed by atoms with Gasteiger partial charge in [0.25, 0.3) is 0 Å². The monoisotopic (exact) mass is 334 g/mol. The molecule has 1 aromatic rings. The molecule has 1 aromatic heterocycles. The third-order valence-electron chi connectivity index (χ3n) is 4.74. The third-order valence-corrected chi connectivity index (χ3v) is 4.74. The minimum absolute atomic E-state index is 0.00924. The number of hydrogen-bond acceptors (Lipinski definition) is 4. The molecule has 1 aliphatic rings. The van der Waals surface area contributed by atoms with Crippen LogP contribution in [0.3, 0.4) is 0 Å². The number of aliphatic hydroxyl groups excluding tert-OH is 1. The normalized spacial score (nSPS) is 17.5. The second-order valence-electron chi connectivity index (χ2n) is 6.43. The second-order valence-corrected chi connectivity index (χ2v) is 6.43. The van der Waals surface area contributed by atoms with Crippen molar-refractivity contribution in [2.45, 2.75) is 45.2 Å². The largest absolute Gasteiger partial charge is 0.395 e. The van der Waals surface area contributed by atoms with Gasteiger partial charge in [0.15, 0.2) is 0 Å². The number of carbonyl (C=O) groups is 1. The van der Waals surface area contributed by atoms with Gasteiger partial charge in [-0.2, -0.15) is 0 Å². The molecule has 0 aliphatic carbocycles. The molecule has 2 N–H and O–H groups in total. The van der Waals surface area contributed by atoms with Crippen molar-refractivity contribution in [1.29, 1.82) is 0 Å². The Kier molecular flexibility index (Phi) is 7.46. The molecule has 2 rings (SSSR count). The number of nitrogens with zero attached hydrogens (tertiary/aromatic N) is 3. The van der Waals surface area contributed by atoms with Crippen molar-refractivity contribution in [3.05, 3.63) is 30.1 Å². The molecular formula is C18H30N4O2. The van der Waals surface area contributed by atoms with Crippen LogP contribution in [0.1, 0.15) is 44.7 Å². The molecule has 24 heavy (non-hydrogen) atoms. The molecule has 1 aliphatic heterocycles. The summed E-state index contributed by atoms with van der Waals surface area (Å²) >= 11 is 0. The number of aliphatic hydroxyl groups is 1. The first-order valence-electron chi connectivity index (χ1n) is 8.96. The fourth-order valence-electron chi connectivity index (χ4n) is 3.26. The lowest BCUT2D eigenvalue weighted by atomic mass is 10.0. The van der Waals surface area contributed by atoms with Crippen LogP contribution >= 0.6 is 0 Å². The maximum Gasteiger partial charge on any atom is 0.317 e. The number of likely N-dealkylation sites (tertiary alicyclic amines) is 1. The first-order valence-corrected chi connectivity index (χ1v) is 8.96. The van der Waals surface area contributed by atoms with Crippen molar-refractivity contribution in [3.63, 3.8) is 0 Å². The molecule has 0 spiro atoms. The van der Waals surface area contributed by atoms with Crippen LogP contribution in [-0.2, 0) is 0 Å². The summed E-state index contributed by atoms with van der Waals surface area (Å²) in [5, 5.41) is 12.2. The Morgan fingerprint density at radius 2 is 2.04 bits per heavy atom. The zero-order valence-corrected chi connectivity index (χ0v) is 14.8. The van der Waals surface area contributed by atoms with Gasteiger partial charge in [0.05, 0.1) is 6.61 Å². The van der Waals surface area contributed by atoms with E-state index in [1.54, 1.807) is 4.90 Å². The second kappa shape index (κ2) is 9.59. The fourth-order valence-corrected chi connectivity index (χ4v) is 3.26.